The van der Waals surface area contributed by atoms with Gasteiger partial charge < -0.3 is 19.5 Å². The molecule has 0 fully saturated rings. The minimum atomic E-state index is -0.345. The van der Waals surface area contributed by atoms with Gasteiger partial charge in [0.25, 0.3) is 5.91 Å². The van der Waals surface area contributed by atoms with Gasteiger partial charge in [0, 0.05) is 11.1 Å². The summed E-state index contributed by atoms with van der Waals surface area (Å²) in [6.45, 7) is 6.22. The summed E-state index contributed by atoms with van der Waals surface area (Å²) in [4.78, 5) is 12.9. The molecule has 0 aliphatic carbocycles. The third-order valence-corrected chi connectivity index (χ3v) is 5.19. The zero-order chi connectivity index (χ0) is 23.2. The van der Waals surface area contributed by atoms with E-state index in [1.165, 1.54) is 6.42 Å². The zero-order valence-electron chi connectivity index (χ0n) is 18.6. The van der Waals surface area contributed by atoms with Crippen LogP contribution in [-0.2, 0) is 4.74 Å². The van der Waals surface area contributed by atoms with Crippen LogP contribution in [0.25, 0.3) is 0 Å². The summed E-state index contributed by atoms with van der Waals surface area (Å²) in [6.07, 6.45) is 4.39. The number of benzene rings is 2. The highest BCUT2D eigenvalue weighted by atomic mass is 79.9. The Morgan fingerprint density at radius 3 is 2.53 bits per heavy atom. The molecule has 1 amide bonds. The number of unbranched alkanes of at least 4 members (excludes halogenated alkanes) is 3. The SMILES string of the molecule is CCCCCCOc1ccc(Br)cc1C(=O)NC(=S)Nc1ccccc1OCCOCC. The molecule has 2 rings (SSSR count). The Balaban J connectivity index is 1.98. The van der Waals surface area contributed by atoms with Crippen molar-refractivity contribution in [2.24, 2.45) is 0 Å². The molecule has 0 saturated carbocycles. The number of carbonyl (C=O) groups excluding carboxylic acids is 1. The molecule has 32 heavy (non-hydrogen) atoms. The molecule has 0 aliphatic rings. The average molecular weight is 523 g/mol. The second kappa shape index (κ2) is 14.8. The summed E-state index contributed by atoms with van der Waals surface area (Å²) in [5, 5.41) is 5.93. The van der Waals surface area contributed by atoms with Crippen molar-refractivity contribution in [3.63, 3.8) is 0 Å². The molecule has 0 saturated heterocycles. The zero-order valence-corrected chi connectivity index (χ0v) is 21.0. The minimum Gasteiger partial charge on any atom is -0.493 e. The number of amides is 1. The topological polar surface area (TPSA) is 68.8 Å². The van der Waals surface area contributed by atoms with Gasteiger partial charge in [0.2, 0.25) is 0 Å². The highest BCUT2D eigenvalue weighted by Gasteiger charge is 2.16. The Bertz CT molecular complexity index is 879. The maximum Gasteiger partial charge on any atom is 0.261 e. The third kappa shape index (κ3) is 9.14. The van der Waals surface area contributed by atoms with E-state index >= 15 is 0 Å². The number of halogens is 1. The van der Waals surface area contributed by atoms with E-state index in [1.54, 1.807) is 12.1 Å². The summed E-state index contributed by atoms with van der Waals surface area (Å²) in [7, 11) is 0. The van der Waals surface area contributed by atoms with E-state index in [4.69, 9.17) is 26.4 Å². The van der Waals surface area contributed by atoms with Gasteiger partial charge in [-0.2, -0.15) is 0 Å². The number of thiocarbonyl (C=S) groups is 1. The van der Waals surface area contributed by atoms with E-state index in [1.807, 2.05) is 37.3 Å². The fourth-order valence-electron chi connectivity index (χ4n) is 2.89. The minimum absolute atomic E-state index is 0.171. The van der Waals surface area contributed by atoms with Crippen LogP contribution in [0, 0.1) is 0 Å². The van der Waals surface area contributed by atoms with Crippen LogP contribution in [0.1, 0.15) is 49.9 Å². The lowest BCUT2D eigenvalue weighted by Crippen LogP contribution is -2.34. The molecule has 2 aromatic rings. The molecule has 0 aliphatic heterocycles. The van der Waals surface area contributed by atoms with Crippen molar-refractivity contribution in [3.05, 3.63) is 52.5 Å². The summed E-state index contributed by atoms with van der Waals surface area (Å²) in [5.41, 5.74) is 1.08. The lowest BCUT2D eigenvalue weighted by molar-refractivity contribution is 0.0973. The highest BCUT2D eigenvalue weighted by Crippen LogP contribution is 2.25. The van der Waals surface area contributed by atoms with Gasteiger partial charge in [-0.1, -0.05) is 54.2 Å². The van der Waals surface area contributed by atoms with Gasteiger partial charge in [0.1, 0.15) is 18.1 Å². The number of anilines is 1. The largest absolute Gasteiger partial charge is 0.493 e. The van der Waals surface area contributed by atoms with Gasteiger partial charge in [-0.05, 0) is 55.9 Å². The van der Waals surface area contributed by atoms with Crippen molar-refractivity contribution in [1.29, 1.82) is 0 Å². The van der Waals surface area contributed by atoms with Crippen LogP contribution in [-0.4, -0.2) is 37.4 Å². The first kappa shape index (κ1) is 26.1. The van der Waals surface area contributed by atoms with E-state index in [9.17, 15) is 4.79 Å². The predicted molar refractivity (Wildman–Crippen MR) is 136 cm³/mol. The van der Waals surface area contributed by atoms with Gasteiger partial charge in [-0.25, -0.2) is 0 Å². The van der Waals surface area contributed by atoms with Crippen LogP contribution in [0.15, 0.2) is 46.9 Å². The van der Waals surface area contributed by atoms with E-state index in [0.29, 0.717) is 49.2 Å². The fourth-order valence-corrected chi connectivity index (χ4v) is 3.45. The Hall–Kier alpha value is -2.16. The van der Waals surface area contributed by atoms with E-state index < -0.39 is 0 Å². The Morgan fingerprint density at radius 1 is 0.969 bits per heavy atom. The van der Waals surface area contributed by atoms with E-state index in [-0.39, 0.29) is 11.0 Å². The maximum absolute atomic E-state index is 12.9. The predicted octanol–water partition coefficient (Wildman–Crippen LogP) is 5.95. The number of hydrogen-bond donors (Lipinski definition) is 2. The third-order valence-electron chi connectivity index (χ3n) is 4.49. The molecule has 6 nitrogen and oxygen atoms in total. The Morgan fingerprint density at radius 2 is 1.75 bits per heavy atom. The molecule has 2 N–H and O–H groups in total. The van der Waals surface area contributed by atoms with Gasteiger partial charge in [0.15, 0.2) is 5.11 Å². The molecule has 8 heteroatoms. The lowest BCUT2D eigenvalue weighted by atomic mass is 10.2. The average Bonchev–Trinajstić information content (AvgIpc) is 2.78. The summed E-state index contributed by atoms with van der Waals surface area (Å²) in [6, 6.07) is 12.8. The quantitative estimate of drug-likeness (QED) is 0.250. The number of ether oxygens (including phenoxy) is 3. The van der Waals surface area contributed by atoms with Crippen molar-refractivity contribution in [1.82, 2.24) is 5.32 Å². The number of nitrogens with one attached hydrogen (secondary N) is 2. The molecule has 0 unspecified atom stereocenters. The van der Waals surface area contributed by atoms with Crippen molar-refractivity contribution in [2.45, 2.75) is 39.5 Å². The Labute approximate surface area is 204 Å². The number of carbonyl (C=O) groups is 1. The molecule has 0 heterocycles. The molecular weight excluding hydrogens is 492 g/mol. The smallest absolute Gasteiger partial charge is 0.261 e. The number of rotatable bonds is 13. The second-order valence-corrected chi connectivity index (χ2v) is 8.32. The normalized spacial score (nSPS) is 10.5. The monoisotopic (exact) mass is 522 g/mol. The van der Waals surface area contributed by atoms with Crippen LogP contribution in [0.3, 0.4) is 0 Å². The van der Waals surface area contributed by atoms with Gasteiger partial charge in [-0.15, -0.1) is 0 Å². The molecule has 174 valence electrons. The lowest BCUT2D eigenvalue weighted by Gasteiger charge is -2.15. The first-order chi connectivity index (χ1) is 15.5. The van der Waals surface area contributed by atoms with E-state index in [2.05, 4.69) is 33.5 Å². The summed E-state index contributed by atoms with van der Waals surface area (Å²) in [5.74, 6) is 0.814. The van der Waals surface area contributed by atoms with Crippen molar-refractivity contribution in [2.75, 3.05) is 31.7 Å². The molecule has 2 aromatic carbocycles. The van der Waals surface area contributed by atoms with E-state index in [0.717, 1.165) is 23.7 Å². The van der Waals surface area contributed by atoms with Crippen LogP contribution < -0.4 is 20.1 Å². The molecule has 0 aromatic heterocycles. The molecule has 0 bridgehead atoms. The Kier molecular flexibility index (Phi) is 12.1. The first-order valence-corrected chi connectivity index (χ1v) is 12.1. The van der Waals surface area contributed by atoms with Crippen LogP contribution >= 0.6 is 28.1 Å². The van der Waals surface area contributed by atoms with Crippen molar-refractivity contribution >= 4 is 44.9 Å². The van der Waals surface area contributed by atoms with Gasteiger partial charge >= 0.3 is 0 Å². The second-order valence-electron chi connectivity index (χ2n) is 7.00. The molecular formula is C24H31BrN2O4S. The first-order valence-electron chi connectivity index (χ1n) is 10.9. The van der Waals surface area contributed by atoms with Gasteiger partial charge in [0.05, 0.1) is 24.5 Å². The highest BCUT2D eigenvalue weighted by molar-refractivity contribution is 9.10. The maximum atomic E-state index is 12.9. The number of hydrogen-bond acceptors (Lipinski definition) is 5. The van der Waals surface area contributed by atoms with Crippen LogP contribution in [0.4, 0.5) is 5.69 Å². The van der Waals surface area contributed by atoms with Gasteiger partial charge in [-0.3, -0.25) is 10.1 Å². The van der Waals surface area contributed by atoms with Crippen LogP contribution in [0.5, 0.6) is 11.5 Å². The molecule has 0 spiro atoms. The number of para-hydroxylation sites is 2. The van der Waals surface area contributed by atoms with Crippen molar-refractivity contribution in [3.8, 4) is 11.5 Å². The van der Waals surface area contributed by atoms with Crippen LogP contribution in [0.2, 0.25) is 0 Å². The van der Waals surface area contributed by atoms with Crippen molar-refractivity contribution < 1.29 is 19.0 Å². The summed E-state index contributed by atoms with van der Waals surface area (Å²) < 4.78 is 17.7. The summed E-state index contributed by atoms with van der Waals surface area (Å²) >= 11 is 8.78. The standard InChI is InChI=1S/C24H31BrN2O4S/c1-3-5-6-9-14-30-21-13-12-18(25)17-19(21)23(28)27-24(32)26-20-10-7-8-11-22(20)31-16-15-29-4-2/h7-8,10-13,17H,3-6,9,14-16H2,1-2H3,(H2,26,27,28,32). The molecule has 0 atom stereocenters. The molecule has 0 radical (unpaired) electrons. The fraction of sp³-hybridized carbons (Fsp3) is 0.417.